The van der Waals surface area contributed by atoms with Crippen LogP contribution in [0, 0.1) is 0 Å². The lowest BCUT2D eigenvalue weighted by Crippen LogP contribution is -2.65. The molecule has 0 aromatic heterocycles. The van der Waals surface area contributed by atoms with Crippen LogP contribution < -0.4 is 5.32 Å². The summed E-state index contributed by atoms with van der Waals surface area (Å²) in [5.74, 6) is -0.286. The summed E-state index contributed by atoms with van der Waals surface area (Å²) in [7, 11) is 0. The first-order chi connectivity index (χ1) is 42.6. The van der Waals surface area contributed by atoms with Gasteiger partial charge in [-0.1, -0.05) is 250 Å². The van der Waals surface area contributed by atoms with Gasteiger partial charge in [-0.2, -0.15) is 0 Å². The number of nitrogens with one attached hydrogen (secondary N) is 1. The largest absolute Gasteiger partial charge is 0.394 e. The van der Waals surface area contributed by atoms with E-state index >= 15 is 0 Å². The molecule has 0 aromatic rings. The molecule has 0 radical (unpaired) electrons. The van der Waals surface area contributed by atoms with Crippen molar-refractivity contribution in [3.05, 3.63) is 134 Å². The summed E-state index contributed by atoms with van der Waals surface area (Å²) < 4.78 is 22.8. The van der Waals surface area contributed by atoms with Crippen molar-refractivity contribution in [3.63, 3.8) is 0 Å². The summed E-state index contributed by atoms with van der Waals surface area (Å²) in [6, 6.07) is -0.961. The van der Waals surface area contributed by atoms with Crippen molar-refractivity contribution in [1.29, 1.82) is 0 Å². The van der Waals surface area contributed by atoms with E-state index < -0.39 is 86.8 Å². The molecule has 2 aliphatic rings. The molecule has 12 unspecified atom stereocenters. The zero-order valence-electron chi connectivity index (χ0n) is 53.7. The van der Waals surface area contributed by atoms with Crippen molar-refractivity contribution in [2.75, 3.05) is 19.8 Å². The number of carbonyl (C=O) groups is 1. The average Bonchev–Trinajstić information content (AvgIpc) is 2.33. The highest BCUT2D eigenvalue weighted by Gasteiger charge is 2.51. The van der Waals surface area contributed by atoms with Gasteiger partial charge in [-0.25, -0.2) is 0 Å². The molecule has 2 saturated heterocycles. The molecule has 14 heteroatoms. The molecule has 496 valence electrons. The van der Waals surface area contributed by atoms with Crippen molar-refractivity contribution in [2.45, 2.75) is 299 Å². The quantitative estimate of drug-likeness (QED) is 0.0204. The van der Waals surface area contributed by atoms with Crippen molar-refractivity contribution >= 4 is 5.91 Å². The molecule has 2 rings (SSSR count). The standard InChI is InChI=1S/C73H121NO13/c1-3-5-7-9-11-13-15-17-19-21-23-25-27-28-29-30-31-32-33-34-35-37-39-41-43-45-47-49-51-53-55-57-65(78)74-61(60-84-72-70(83)68(81)71(64(59-76)86-72)87-73-69(82)67(80)66(79)63(58-75)85-73)62(77)56-54-52-50-48-46-44-42-40-38-36-26-24-22-20-18-16-14-12-10-8-6-4-2/h5,7,11,13,17,19,23,25,28-29,31-32,34-35,39,41,45-48,54,56,61-64,66-73,75-77,79-83H,3-4,6,8-10,12,14-16,18,20-22,24,26-27,30,33,36-38,40,42-44,49-53,55,57-60H2,1-2H3,(H,74,78)/b7-5-,13-11-,19-17-,25-23-,29-28-,32-31-,35-34-,41-39-,47-45-,48-46+,56-54+. The highest BCUT2D eigenvalue weighted by molar-refractivity contribution is 5.76. The van der Waals surface area contributed by atoms with Gasteiger partial charge in [0.1, 0.15) is 48.8 Å². The van der Waals surface area contributed by atoms with Crippen LogP contribution in [0.15, 0.2) is 134 Å². The Morgan fingerprint density at radius 3 is 1.26 bits per heavy atom. The molecule has 0 saturated carbocycles. The molecule has 12 atom stereocenters. The van der Waals surface area contributed by atoms with Crippen LogP contribution >= 0.6 is 0 Å². The molecule has 87 heavy (non-hydrogen) atoms. The zero-order valence-corrected chi connectivity index (χ0v) is 53.7. The number of rotatable bonds is 53. The predicted molar refractivity (Wildman–Crippen MR) is 355 cm³/mol. The molecular weight excluding hydrogens is 1100 g/mol. The lowest BCUT2D eigenvalue weighted by Gasteiger charge is -2.46. The SMILES string of the molecule is CC/C=C\C/C=C\C/C=C\C/C=C\C/C=C\C/C=C\C/C=C\C/C=C\C/C=C\CCCCCC(=O)NC(COC1OC(CO)C(OC2OC(CO)C(O)C(O)C2O)C(O)C1O)C(O)/C=C/CC/C=C/CCCCCCCCCCCCCCCCCC. The predicted octanol–water partition coefficient (Wildman–Crippen LogP) is 13.5. The molecule has 14 nitrogen and oxygen atoms in total. The van der Waals surface area contributed by atoms with Gasteiger partial charge in [0.05, 0.1) is 32.0 Å². The van der Waals surface area contributed by atoms with Crippen LogP contribution in [-0.4, -0.2) is 140 Å². The third-order valence-corrected chi connectivity index (χ3v) is 15.6. The Morgan fingerprint density at radius 1 is 0.425 bits per heavy atom. The monoisotopic (exact) mass is 1220 g/mol. The molecule has 0 aromatic carbocycles. The van der Waals surface area contributed by atoms with Crippen LogP contribution in [0.1, 0.15) is 226 Å². The van der Waals surface area contributed by atoms with Gasteiger partial charge in [-0.15, -0.1) is 0 Å². The lowest BCUT2D eigenvalue weighted by molar-refractivity contribution is -0.359. The highest BCUT2D eigenvalue weighted by atomic mass is 16.7. The van der Waals surface area contributed by atoms with E-state index in [0.29, 0.717) is 12.8 Å². The Labute approximate surface area is 526 Å². The number of carbonyl (C=O) groups excluding carboxylic acids is 1. The first kappa shape index (κ1) is 79.2. The molecule has 9 N–H and O–H groups in total. The second kappa shape index (κ2) is 56.1. The summed E-state index contributed by atoms with van der Waals surface area (Å²) in [5, 5.41) is 87.3. The van der Waals surface area contributed by atoms with Gasteiger partial charge in [0, 0.05) is 6.42 Å². The summed E-state index contributed by atoms with van der Waals surface area (Å²) in [6.07, 6.45) is 66.4. The van der Waals surface area contributed by atoms with Crippen molar-refractivity contribution in [3.8, 4) is 0 Å². The molecule has 0 bridgehead atoms. The minimum atomic E-state index is -1.80. The summed E-state index contributed by atoms with van der Waals surface area (Å²) in [5.41, 5.74) is 0. The molecular formula is C73H121NO13. The Kier molecular flexibility index (Phi) is 51.1. The number of ether oxygens (including phenoxy) is 4. The van der Waals surface area contributed by atoms with E-state index in [4.69, 9.17) is 18.9 Å². The minimum absolute atomic E-state index is 0.224. The number of hydrogen-bond acceptors (Lipinski definition) is 13. The molecule has 1 amide bonds. The van der Waals surface area contributed by atoms with E-state index in [0.717, 1.165) is 89.9 Å². The van der Waals surface area contributed by atoms with E-state index in [1.54, 1.807) is 6.08 Å². The van der Waals surface area contributed by atoms with Crippen molar-refractivity contribution in [1.82, 2.24) is 5.32 Å². The smallest absolute Gasteiger partial charge is 0.220 e. The number of allylic oxidation sites excluding steroid dienone is 21. The number of hydrogen-bond donors (Lipinski definition) is 9. The molecule has 2 aliphatic heterocycles. The van der Waals surface area contributed by atoms with Crippen LogP contribution in [0.2, 0.25) is 0 Å². The zero-order chi connectivity index (χ0) is 63.1. The van der Waals surface area contributed by atoms with Crippen molar-refractivity contribution in [2.24, 2.45) is 0 Å². The van der Waals surface area contributed by atoms with Gasteiger partial charge in [-0.3, -0.25) is 4.79 Å². The minimum Gasteiger partial charge on any atom is -0.394 e. The van der Waals surface area contributed by atoms with Gasteiger partial charge >= 0.3 is 0 Å². The highest BCUT2D eigenvalue weighted by Crippen LogP contribution is 2.30. The first-order valence-corrected chi connectivity index (χ1v) is 33.9. The van der Waals surface area contributed by atoms with Crippen LogP contribution in [0.5, 0.6) is 0 Å². The lowest BCUT2D eigenvalue weighted by atomic mass is 9.97. The van der Waals surface area contributed by atoms with E-state index in [1.807, 2.05) is 6.08 Å². The Morgan fingerprint density at radius 2 is 0.805 bits per heavy atom. The summed E-state index contributed by atoms with van der Waals surface area (Å²) >= 11 is 0. The van der Waals surface area contributed by atoms with Crippen LogP contribution in [0.25, 0.3) is 0 Å². The number of amides is 1. The van der Waals surface area contributed by atoms with Crippen LogP contribution in [-0.2, 0) is 23.7 Å². The number of aliphatic hydroxyl groups is 8. The average molecular weight is 1220 g/mol. The molecule has 0 spiro atoms. The maximum absolute atomic E-state index is 13.3. The fraction of sp³-hybridized carbons (Fsp3) is 0.685. The maximum atomic E-state index is 13.3. The van der Waals surface area contributed by atoms with Gasteiger partial charge in [-0.05, 0) is 103 Å². The van der Waals surface area contributed by atoms with Gasteiger partial charge in [0.15, 0.2) is 12.6 Å². The van der Waals surface area contributed by atoms with E-state index in [9.17, 15) is 45.6 Å². The van der Waals surface area contributed by atoms with Crippen LogP contribution in [0.3, 0.4) is 0 Å². The van der Waals surface area contributed by atoms with E-state index in [-0.39, 0.29) is 18.9 Å². The number of unbranched alkanes of at least 4 members (excludes halogenated alkanes) is 20. The van der Waals surface area contributed by atoms with Crippen molar-refractivity contribution < 1.29 is 64.6 Å². The molecule has 0 aliphatic carbocycles. The van der Waals surface area contributed by atoms with Crippen LogP contribution in [0.4, 0.5) is 0 Å². The van der Waals surface area contributed by atoms with Gasteiger partial charge in [0.2, 0.25) is 5.91 Å². The maximum Gasteiger partial charge on any atom is 0.220 e. The second-order valence-electron chi connectivity index (χ2n) is 23.2. The first-order valence-electron chi connectivity index (χ1n) is 33.9. The number of aliphatic hydroxyl groups excluding tert-OH is 8. The second-order valence-corrected chi connectivity index (χ2v) is 23.2. The molecule has 2 fully saturated rings. The Balaban J connectivity index is 1.75. The third kappa shape index (κ3) is 40.5. The van der Waals surface area contributed by atoms with Gasteiger partial charge < -0.3 is 65.1 Å². The molecule has 2 heterocycles. The third-order valence-electron chi connectivity index (χ3n) is 15.6. The normalized spacial score (nSPS) is 24.2. The van der Waals surface area contributed by atoms with Gasteiger partial charge in [0.25, 0.3) is 0 Å². The Bertz CT molecular complexity index is 1970. The van der Waals surface area contributed by atoms with E-state index in [2.05, 4.69) is 141 Å². The summed E-state index contributed by atoms with van der Waals surface area (Å²) in [4.78, 5) is 13.3. The summed E-state index contributed by atoms with van der Waals surface area (Å²) in [6.45, 7) is 2.64. The topological polar surface area (TPSA) is 228 Å². The van der Waals surface area contributed by atoms with E-state index in [1.165, 1.54) is 103 Å². The fourth-order valence-corrected chi connectivity index (χ4v) is 10.2. The fourth-order valence-electron chi connectivity index (χ4n) is 10.2. The Hall–Kier alpha value is -3.87.